The van der Waals surface area contributed by atoms with E-state index in [0.29, 0.717) is 0 Å². The smallest absolute Gasteiger partial charge is 0.0674 e. The lowest BCUT2D eigenvalue weighted by Crippen LogP contribution is -2.09. The van der Waals surface area contributed by atoms with E-state index in [1.54, 1.807) is 0 Å². The Morgan fingerprint density at radius 1 is 1.23 bits per heavy atom. The molecule has 0 bridgehead atoms. The fraction of sp³-hybridized carbons (Fsp3) is 0.364. The highest BCUT2D eigenvalue weighted by Gasteiger charge is 1.99. The summed E-state index contributed by atoms with van der Waals surface area (Å²) in [5, 5.41) is 6.25. The molecule has 0 N–H and O–H groups in total. The largest absolute Gasteiger partial charge is 0.303 e. The number of hydrogen-bond donors (Lipinski definition) is 0. The highest BCUT2D eigenvalue weighted by Crippen LogP contribution is 2.04. The first-order valence-corrected chi connectivity index (χ1v) is 4.54. The van der Waals surface area contributed by atoms with Crippen molar-refractivity contribution in [2.45, 2.75) is 13.3 Å². The Morgan fingerprint density at radius 3 is 2.31 bits per heavy atom. The Balaban J connectivity index is 2.91. The highest BCUT2D eigenvalue weighted by molar-refractivity contribution is 6.00. The van der Waals surface area contributed by atoms with E-state index >= 15 is 0 Å². The van der Waals surface area contributed by atoms with E-state index < -0.39 is 0 Å². The van der Waals surface area contributed by atoms with Crippen LogP contribution in [0.3, 0.4) is 0 Å². The summed E-state index contributed by atoms with van der Waals surface area (Å²) in [4.78, 5) is 0. The Hall–Kier alpha value is -1.31. The summed E-state index contributed by atoms with van der Waals surface area (Å²) in [6.07, 6.45) is 0.961. The van der Waals surface area contributed by atoms with E-state index in [0.717, 1.165) is 12.1 Å². The lowest BCUT2D eigenvalue weighted by Gasteiger charge is -2.09. The minimum absolute atomic E-state index is 0.961. The van der Waals surface area contributed by atoms with Crippen LogP contribution >= 0.6 is 0 Å². The lowest BCUT2D eigenvalue weighted by molar-refractivity contribution is 0.437. The van der Waals surface area contributed by atoms with Crippen LogP contribution in [0.2, 0.25) is 0 Å². The highest BCUT2D eigenvalue weighted by atomic mass is 15.4. The molecule has 1 aromatic carbocycles. The van der Waals surface area contributed by atoms with Gasteiger partial charge in [-0.2, -0.15) is 5.10 Å². The number of hydrogen-bond acceptors (Lipinski definition) is 2. The van der Waals surface area contributed by atoms with Gasteiger partial charge in [-0.1, -0.05) is 37.3 Å². The molecular formula is C11H16N2. The van der Waals surface area contributed by atoms with Crippen molar-refractivity contribution < 1.29 is 0 Å². The van der Waals surface area contributed by atoms with Gasteiger partial charge in [0, 0.05) is 14.1 Å². The molecule has 1 aromatic rings. The Kier molecular flexibility index (Phi) is 3.50. The second-order valence-electron chi connectivity index (χ2n) is 3.11. The molecule has 0 aliphatic heterocycles. The number of rotatable bonds is 3. The summed E-state index contributed by atoms with van der Waals surface area (Å²) in [7, 11) is 3.89. The molecule has 2 nitrogen and oxygen atoms in total. The Bertz CT molecular complexity index is 275. The maximum absolute atomic E-state index is 4.42. The topological polar surface area (TPSA) is 15.6 Å². The van der Waals surface area contributed by atoms with Gasteiger partial charge in [0.2, 0.25) is 0 Å². The number of hydrazone groups is 1. The maximum Gasteiger partial charge on any atom is 0.0674 e. The fourth-order valence-electron chi connectivity index (χ4n) is 1.20. The number of nitrogens with zero attached hydrogens (tertiary/aromatic N) is 2. The van der Waals surface area contributed by atoms with Crippen molar-refractivity contribution >= 4 is 5.71 Å². The zero-order chi connectivity index (χ0) is 9.68. The first-order valence-electron chi connectivity index (χ1n) is 4.54. The standard InChI is InChI=1S/C11H16N2/c1-4-11(12-13(2)3)10-8-6-5-7-9-10/h5-9H,4H2,1-3H3/b12-11+. The van der Waals surface area contributed by atoms with E-state index in [2.05, 4.69) is 24.2 Å². The van der Waals surface area contributed by atoms with Gasteiger partial charge in [0.25, 0.3) is 0 Å². The molecule has 0 amide bonds. The van der Waals surface area contributed by atoms with Crippen LogP contribution in [0.1, 0.15) is 18.9 Å². The average Bonchev–Trinajstić information content (AvgIpc) is 2.15. The van der Waals surface area contributed by atoms with E-state index in [1.807, 2.05) is 37.3 Å². The van der Waals surface area contributed by atoms with Gasteiger partial charge in [-0.05, 0) is 12.0 Å². The summed E-state index contributed by atoms with van der Waals surface area (Å²) >= 11 is 0. The quantitative estimate of drug-likeness (QED) is 0.510. The van der Waals surface area contributed by atoms with Crippen LogP contribution in [0.15, 0.2) is 35.4 Å². The average molecular weight is 176 g/mol. The summed E-state index contributed by atoms with van der Waals surface area (Å²) in [5.41, 5.74) is 2.34. The molecule has 0 aliphatic carbocycles. The molecule has 0 spiro atoms. The minimum atomic E-state index is 0.961. The van der Waals surface area contributed by atoms with Gasteiger partial charge < -0.3 is 5.01 Å². The molecule has 1 rings (SSSR count). The van der Waals surface area contributed by atoms with Crippen LogP contribution in [0.4, 0.5) is 0 Å². The summed E-state index contributed by atoms with van der Waals surface area (Å²) in [6, 6.07) is 10.3. The van der Waals surface area contributed by atoms with Crippen molar-refractivity contribution in [1.29, 1.82) is 0 Å². The third-order valence-corrected chi connectivity index (χ3v) is 1.76. The van der Waals surface area contributed by atoms with Crippen LogP contribution in [0.25, 0.3) is 0 Å². The van der Waals surface area contributed by atoms with Crippen molar-refractivity contribution in [3.05, 3.63) is 35.9 Å². The molecule has 0 saturated carbocycles. The third-order valence-electron chi connectivity index (χ3n) is 1.76. The molecule has 0 radical (unpaired) electrons. The Labute approximate surface area is 79.9 Å². The monoisotopic (exact) mass is 176 g/mol. The molecule has 0 saturated heterocycles. The second kappa shape index (κ2) is 4.65. The van der Waals surface area contributed by atoms with Crippen LogP contribution < -0.4 is 0 Å². The SMILES string of the molecule is CC/C(=N\N(C)C)c1ccccc1. The van der Waals surface area contributed by atoms with E-state index in [9.17, 15) is 0 Å². The van der Waals surface area contributed by atoms with Gasteiger partial charge in [-0.15, -0.1) is 0 Å². The van der Waals surface area contributed by atoms with Crippen molar-refractivity contribution in [3.8, 4) is 0 Å². The number of benzene rings is 1. The molecule has 0 aromatic heterocycles. The predicted molar refractivity (Wildman–Crippen MR) is 57.0 cm³/mol. The molecule has 0 heterocycles. The van der Waals surface area contributed by atoms with Crippen LogP contribution in [-0.4, -0.2) is 24.8 Å². The summed E-state index contributed by atoms with van der Waals surface area (Å²) < 4.78 is 0. The normalized spacial score (nSPS) is 11.5. The predicted octanol–water partition coefficient (Wildman–Crippen LogP) is 2.36. The molecule has 0 unspecified atom stereocenters. The minimum Gasteiger partial charge on any atom is -0.303 e. The van der Waals surface area contributed by atoms with Crippen LogP contribution in [0.5, 0.6) is 0 Å². The van der Waals surface area contributed by atoms with Gasteiger partial charge in [0.05, 0.1) is 5.71 Å². The van der Waals surface area contributed by atoms with Crippen molar-refractivity contribution in [2.24, 2.45) is 5.10 Å². The summed E-state index contributed by atoms with van der Waals surface area (Å²) in [6.45, 7) is 2.12. The van der Waals surface area contributed by atoms with Crippen molar-refractivity contribution in [3.63, 3.8) is 0 Å². The molecule has 0 atom stereocenters. The van der Waals surface area contributed by atoms with Crippen LogP contribution in [0, 0.1) is 0 Å². The lowest BCUT2D eigenvalue weighted by atomic mass is 10.1. The van der Waals surface area contributed by atoms with Gasteiger partial charge in [-0.25, -0.2) is 0 Å². The second-order valence-corrected chi connectivity index (χ2v) is 3.11. The van der Waals surface area contributed by atoms with E-state index in [1.165, 1.54) is 5.56 Å². The molecule has 70 valence electrons. The van der Waals surface area contributed by atoms with E-state index in [4.69, 9.17) is 0 Å². The molecule has 0 aliphatic rings. The van der Waals surface area contributed by atoms with Gasteiger partial charge in [0.15, 0.2) is 0 Å². The van der Waals surface area contributed by atoms with Gasteiger partial charge >= 0.3 is 0 Å². The zero-order valence-corrected chi connectivity index (χ0v) is 8.49. The first-order chi connectivity index (χ1) is 6.24. The van der Waals surface area contributed by atoms with Crippen molar-refractivity contribution in [2.75, 3.05) is 14.1 Å². The summed E-state index contributed by atoms with van der Waals surface area (Å²) in [5.74, 6) is 0. The molecule has 0 fully saturated rings. The molecular weight excluding hydrogens is 160 g/mol. The zero-order valence-electron chi connectivity index (χ0n) is 8.49. The molecule has 13 heavy (non-hydrogen) atoms. The third kappa shape index (κ3) is 2.90. The first kappa shape index (κ1) is 9.78. The Morgan fingerprint density at radius 2 is 1.85 bits per heavy atom. The van der Waals surface area contributed by atoms with Gasteiger partial charge in [-0.3, -0.25) is 0 Å². The van der Waals surface area contributed by atoms with Crippen molar-refractivity contribution in [1.82, 2.24) is 5.01 Å². The van der Waals surface area contributed by atoms with E-state index in [-0.39, 0.29) is 0 Å². The van der Waals surface area contributed by atoms with Gasteiger partial charge in [0.1, 0.15) is 0 Å². The molecule has 2 heteroatoms. The van der Waals surface area contributed by atoms with Crippen LogP contribution in [-0.2, 0) is 0 Å². The maximum atomic E-state index is 4.42. The fourth-order valence-corrected chi connectivity index (χ4v) is 1.20.